The number of amides is 2. The molecule has 2 aromatic carbocycles. The molecule has 0 aliphatic carbocycles. The highest BCUT2D eigenvalue weighted by molar-refractivity contribution is 7.21. The summed E-state index contributed by atoms with van der Waals surface area (Å²) < 4.78 is 7.98. The van der Waals surface area contributed by atoms with Crippen LogP contribution >= 0.6 is 11.3 Å². The summed E-state index contributed by atoms with van der Waals surface area (Å²) in [5.74, 6) is 1.42. The van der Waals surface area contributed by atoms with Gasteiger partial charge in [-0.05, 0) is 69.4 Å². The summed E-state index contributed by atoms with van der Waals surface area (Å²) in [6.07, 6.45) is 3.45. The predicted molar refractivity (Wildman–Crippen MR) is 162 cm³/mol. The molecule has 10 heteroatoms. The molecule has 1 aliphatic rings. The fourth-order valence-corrected chi connectivity index (χ4v) is 6.37. The van der Waals surface area contributed by atoms with E-state index in [0.717, 1.165) is 52.3 Å². The van der Waals surface area contributed by atoms with E-state index < -0.39 is 0 Å². The third-order valence-corrected chi connectivity index (χ3v) is 8.29. The van der Waals surface area contributed by atoms with Crippen LogP contribution in [0.15, 0.2) is 66.9 Å². The summed E-state index contributed by atoms with van der Waals surface area (Å²) >= 11 is 1.36. The van der Waals surface area contributed by atoms with Gasteiger partial charge in [0, 0.05) is 31.0 Å². The van der Waals surface area contributed by atoms with E-state index in [1.54, 1.807) is 6.20 Å². The summed E-state index contributed by atoms with van der Waals surface area (Å²) in [6, 6.07) is 19.3. The molecule has 2 N–H and O–H groups in total. The number of pyridine rings is 1. The number of piperidine rings is 1. The van der Waals surface area contributed by atoms with Crippen molar-refractivity contribution in [3.05, 3.63) is 77.2 Å². The first-order chi connectivity index (χ1) is 19.9. The van der Waals surface area contributed by atoms with Crippen molar-refractivity contribution in [1.29, 1.82) is 0 Å². The zero-order chi connectivity index (χ0) is 28.5. The second kappa shape index (κ2) is 11.2. The smallest absolute Gasteiger partial charge is 0.263 e. The molecule has 1 fully saturated rings. The molecule has 1 aliphatic heterocycles. The maximum Gasteiger partial charge on any atom is 0.263 e. The monoisotopic (exact) mass is 568 g/mol. The maximum absolute atomic E-state index is 13.6. The van der Waals surface area contributed by atoms with E-state index in [2.05, 4.69) is 21.9 Å². The van der Waals surface area contributed by atoms with Crippen LogP contribution in [0.5, 0.6) is 11.5 Å². The first-order valence-electron chi connectivity index (χ1n) is 13.6. The van der Waals surface area contributed by atoms with Crippen LogP contribution in [0, 0.1) is 0 Å². The topological polar surface area (TPSA) is 95.5 Å². The number of carbonyl (C=O) groups excluding carboxylic acids is 2. The lowest BCUT2D eigenvalue weighted by molar-refractivity contribution is -0.133. The van der Waals surface area contributed by atoms with E-state index in [1.165, 1.54) is 11.3 Å². The Morgan fingerprint density at radius 2 is 1.88 bits per heavy atom. The number of aromatic nitrogens is 3. The minimum atomic E-state index is -0.169. The quantitative estimate of drug-likeness (QED) is 0.305. The van der Waals surface area contributed by atoms with Crippen LogP contribution in [0.1, 0.15) is 22.5 Å². The Morgan fingerprint density at radius 1 is 1.12 bits per heavy atom. The molecule has 6 rings (SSSR count). The van der Waals surface area contributed by atoms with Gasteiger partial charge in [0.05, 0.1) is 23.0 Å². The molecule has 3 aromatic heterocycles. The molecular formula is C31H32N6O3S. The van der Waals surface area contributed by atoms with Gasteiger partial charge in [-0.25, -0.2) is 4.98 Å². The van der Waals surface area contributed by atoms with Crippen LogP contribution in [-0.4, -0.2) is 75.9 Å². The normalized spacial score (nSPS) is 15.5. The molecule has 0 unspecified atom stereocenters. The average molecular weight is 569 g/mol. The van der Waals surface area contributed by atoms with Crippen molar-refractivity contribution in [2.24, 2.45) is 0 Å². The van der Waals surface area contributed by atoms with Gasteiger partial charge in [0.15, 0.2) is 0 Å². The summed E-state index contributed by atoms with van der Waals surface area (Å²) in [7, 11) is 3.77. The number of likely N-dealkylation sites (tertiary alicyclic amines) is 1. The Hall–Kier alpha value is -4.41. The van der Waals surface area contributed by atoms with Crippen LogP contribution in [0.2, 0.25) is 0 Å². The van der Waals surface area contributed by atoms with E-state index in [9.17, 15) is 9.59 Å². The Labute approximate surface area is 241 Å². The van der Waals surface area contributed by atoms with E-state index in [-0.39, 0.29) is 17.9 Å². The molecule has 4 heterocycles. The van der Waals surface area contributed by atoms with Gasteiger partial charge in [0.2, 0.25) is 5.91 Å². The van der Waals surface area contributed by atoms with Crippen molar-refractivity contribution in [2.45, 2.75) is 18.9 Å². The number of hydrogen-bond donors (Lipinski definition) is 2. The van der Waals surface area contributed by atoms with Crippen molar-refractivity contribution in [1.82, 2.24) is 29.7 Å². The number of nitrogens with one attached hydrogen (secondary N) is 2. The number of H-pyrrole nitrogens is 1. The summed E-state index contributed by atoms with van der Waals surface area (Å²) in [4.78, 5) is 39.1. The zero-order valence-electron chi connectivity index (χ0n) is 23.1. The lowest BCUT2D eigenvalue weighted by atomic mass is 10.1. The van der Waals surface area contributed by atoms with Gasteiger partial charge in [0.25, 0.3) is 5.91 Å². The largest absolute Gasteiger partial charge is 0.457 e. The molecule has 210 valence electrons. The summed E-state index contributed by atoms with van der Waals surface area (Å²) in [5, 5.41) is 4.06. The molecule has 9 nitrogen and oxygen atoms in total. The number of thiophene rings is 1. The van der Waals surface area contributed by atoms with Gasteiger partial charge in [-0.15, -0.1) is 11.3 Å². The number of benzene rings is 2. The number of aromatic amines is 1. The zero-order valence-corrected chi connectivity index (χ0v) is 23.9. The Morgan fingerprint density at radius 3 is 2.63 bits per heavy atom. The van der Waals surface area contributed by atoms with Gasteiger partial charge < -0.3 is 24.8 Å². The first kappa shape index (κ1) is 26.8. The summed E-state index contributed by atoms with van der Waals surface area (Å²) in [6.45, 7) is 5.88. The lowest BCUT2D eigenvalue weighted by Crippen LogP contribution is -2.51. The number of carbonyl (C=O) groups is 2. The van der Waals surface area contributed by atoms with Crippen LogP contribution < -0.4 is 15.5 Å². The van der Waals surface area contributed by atoms with E-state index in [4.69, 9.17) is 4.74 Å². The predicted octanol–water partition coefficient (Wildman–Crippen LogP) is 4.33. The molecule has 1 saturated heterocycles. The minimum absolute atomic E-state index is 0.0810. The minimum Gasteiger partial charge on any atom is -0.457 e. The number of hydrogen-bond acceptors (Lipinski definition) is 6. The SMILES string of the molecule is C=c1[nH]c2c(C(=O)N[C@@H]3CCCN(C(=O)CN(C)C)C3)sc3nccc(c32)n1-c1ccc(Oc2ccccc2)cc1. The molecular weight excluding hydrogens is 536 g/mol. The van der Waals surface area contributed by atoms with Crippen LogP contribution in [0.25, 0.3) is 33.5 Å². The standard InChI is InChI=1S/C31H32N6O3S/c1-20-33-28-27-25(37(20)22-11-13-24(14-12-22)40-23-9-5-4-6-10-23)15-16-32-31(27)41-29(28)30(39)34-21-8-7-17-36(18-21)26(38)19-35(2)3/h4-6,9-16,21,33H,1,7-8,17-19H2,2-3H3,(H,34,39)/t21-/m1/s1. The fourth-order valence-electron chi connectivity index (χ4n) is 5.34. The van der Waals surface area contributed by atoms with Crippen molar-refractivity contribution < 1.29 is 14.3 Å². The van der Waals surface area contributed by atoms with E-state index >= 15 is 0 Å². The number of likely N-dealkylation sites (N-methyl/N-ethyl adjacent to an activating group) is 1. The fraction of sp³-hybridized carbons (Fsp3) is 0.258. The molecule has 0 spiro atoms. The third-order valence-electron chi connectivity index (χ3n) is 7.19. The third kappa shape index (κ3) is 5.48. The molecule has 2 amide bonds. The van der Waals surface area contributed by atoms with Crippen molar-refractivity contribution in [2.75, 3.05) is 33.7 Å². The Bertz CT molecular complexity index is 1770. The number of ether oxygens (including phenoxy) is 1. The highest BCUT2D eigenvalue weighted by Crippen LogP contribution is 2.34. The van der Waals surface area contributed by atoms with Crippen LogP contribution in [-0.2, 0) is 4.79 Å². The molecule has 41 heavy (non-hydrogen) atoms. The average Bonchev–Trinajstić information content (AvgIpc) is 3.34. The van der Waals surface area contributed by atoms with Gasteiger partial charge in [0.1, 0.15) is 26.7 Å². The molecule has 0 radical (unpaired) electrons. The number of nitrogens with zero attached hydrogens (tertiary/aromatic N) is 4. The summed E-state index contributed by atoms with van der Waals surface area (Å²) in [5.41, 5.74) is 3.15. The van der Waals surface area contributed by atoms with Crippen LogP contribution in [0.3, 0.4) is 0 Å². The van der Waals surface area contributed by atoms with E-state index in [1.807, 2.05) is 89.1 Å². The highest BCUT2D eigenvalue weighted by Gasteiger charge is 2.27. The van der Waals surface area contributed by atoms with Crippen molar-refractivity contribution in [3.8, 4) is 17.2 Å². The van der Waals surface area contributed by atoms with Crippen molar-refractivity contribution in [3.63, 3.8) is 0 Å². The van der Waals surface area contributed by atoms with Crippen LogP contribution in [0.4, 0.5) is 0 Å². The molecule has 5 aromatic rings. The highest BCUT2D eigenvalue weighted by atomic mass is 32.1. The second-order valence-corrected chi connectivity index (χ2v) is 11.5. The Kier molecular flexibility index (Phi) is 7.34. The van der Waals surface area contributed by atoms with Gasteiger partial charge in [-0.3, -0.25) is 14.2 Å². The number of para-hydroxylation sites is 1. The molecule has 0 bridgehead atoms. The van der Waals surface area contributed by atoms with E-state index in [0.29, 0.717) is 29.0 Å². The second-order valence-electron chi connectivity index (χ2n) is 10.5. The molecule has 1 atom stereocenters. The molecule has 0 saturated carbocycles. The van der Waals surface area contributed by atoms with Gasteiger partial charge in [-0.1, -0.05) is 24.8 Å². The number of rotatable bonds is 7. The first-order valence-corrected chi connectivity index (χ1v) is 14.4. The van der Waals surface area contributed by atoms with Crippen molar-refractivity contribution >= 4 is 51.0 Å². The van der Waals surface area contributed by atoms with Gasteiger partial charge in [-0.2, -0.15) is 0 Å². The Balaban J connectivity index is 1.28. The maximum atomic E-state index is 13.6. The van der Waals surface area contributed by atoms with Gasteiger partial charge >= 0.3 is 0 Å². The lowest BCUT2D eigenvalue weighted by Gasteiger charge is -2.33.